The van der Waals surface area contributed by atoms with Crippen LogP contribution in [0.2, 0.25) is 15.2 Å². The smallest absolute Gasteiger partial charge is 0.261 e. The zero-order valence-electron chi connectivity index (χ0n) is 9.85. The van der Waals surface area contributed by atoms with E-state index in [1.807, 2.05) is 0 Å². The van der Waals surface area contributed by atoms with E-state index in [2.05, 4.69) is 15.1 Å². The maximum atomic E-state index is 6.12. The Labute approximate surface area is 129 Å². The van der Waals surface area contributed by atoms with Crippen LogP contribution in [0.25, 0.3) is 22.8 Å². The van der Waals surface area contributed by atoms with Gasteiger partial charge in [-0.3, -0.25) is 0 Å². The monoisotopic (exact) mass is 325 g/mol. The van der Waals surface area contributed by atoms with E-state index in [1.54, 1.807) is 36.5 Å². The van der Waals surface area contributed by atoms with Gasteiger partial charge in [-0.1, -0.05) is 46.0 Å². The van der Waals surface area contributed by atoms with Gasteiger partial charge in [0.15, 0.2) is 0 Å². The number of benzene rings is 1. The molecule has 3 rings (SSSR count). The average molecular weight is 327 g/mol. The number of hydrogen-bond donors (Lipinski definition) is 0. The van der Waals surface area contributed by atoms with Crippen LogP contribution in [0.3, 0.4) is 0 Å². The van der Waals surface area contributed by atoms with Gasteiger partial charge in [-0.15, -0.1) is 0 Å². The van der Waals surface area contributed by atoms with E-state index in [4.69, 9.17) is 39.3 Å². The molecule has 3 aromatic rings. The fourth-order valence-electron chi connectivity index (χ4n) is 1.66. The summed E-state index contributed by atoms with van der Waals surface area (Å²) < 4.78 is 5.19. The largest absolute Gasteiger partial charge is 0.333 e. The van der Waals surface area contributed by atoms with Crippen molar-refractivity contribution in [2.24, 2.45) is 0 Å². The molecule has 0 amide bonds. The molecule has 0 unspecified atom stereocenters. The first-order valence-corrected chi connectivity index (χ1v) is 6.69. The Bertz CT molecular complexity index is 773. The molecule has 0 aliphatic carbocycles. The van der Waals surface area contributed by atoms with Gasteiger partial charge >= 0.3 is 0 Å². The van der Waals surface area contributed by atoms with E-state index < -0.39 is 0 Å². The van der Waals surface area contributed by atoms with E-state index in [9.17, 15) is 0 Å². The molecule has 7 heteroatoms. The van der Waals surface area contributed by atoms with E-state index in [0.717, 1.165) is 0 Å². The number of aromatic nitrogens is 3. The third-order valence-electron chi connectivity index (χ3n) is 2.61. The highest BCUT2D eigenvalue weighted by molar-refractivity contribution is 6.43. The fourth-order valence-corrected chi connectivity index (χ4v) is 2.25. The second-order valence-electron chi connectivity index (χ2n) is 3.87. The van der Waals surface area contributed by atoms with Crippen molar-refractivity contribution in [3.05, 3.63) is 51.7 Å². The number of rotatable bonds is 2. The SMILES string of the molecule is Clc1cccc(-c2noc(-c3cccnc3Cl)n2)c1Cl. The Morgan fingerprint density at radius 1 is 0.950 bits per heavy atom. The summed E-state index contributed by atoms with van der Waals surface area (Å²) in [5, 5.41) is 4.98. The van der Waals surface area contributed by atoms with Crippen molar-refractivity contribution in [2.45, 2.75) is 0 Å². The highest BCUT2D eigenvalue weighted by Gasteiger charge is 2.16. The van der Waals surface area contributed by atoms with Crippen molar-refractivity contribution in [2.75, 3.05) is 0 Å². The molecular weight excluding hydrogens is 321 g/mol. The molecule has 0 fully saturated rings. The lowest BCUT2D eigenvalue weighted by atomic mass is 10.2. The van der Waals surface area contributed by atoms with Crippen LogP contribution in [0, 0.1) is 0 Å². The summed E-state index contributed by atoms with van der Waals surface area (Å²) in [6.45, 7) is 0. The van der Waals surface area contributed by atoms with Crippen molar-refractivity contribution in [3.8, 4) is 22.8 Å². The van der Waals surface area contributed by atoms with E-state index >= 15 is 0 Å². The lowest BCUT2D eigenvalue weighted by Gasteiger charge is -1.99. The van der Waals surface area contributed by atoms with Gasteiger partial charge < -0.3 is 4.52 Å². The maximum Gasteiger partial charge on any atom is 0.261 e. The first-order valence-electron chi connectivity index (χ1n) is 5.56. The Morgan fingerprint density at radius 3 is 2.55 bits per heavy atom. The standard InChI is InChI=1S/C13H6Cl3N3O/c14-9-5-1-3-7(10(9)15)12-18-13(20-19-12)8-4-2-6-17-11(8)16/h1-6H. The molecule has 0 aliphatic rings. The van der Waals surface area contributed by atoms with Gasteiger partial charge in [-0.25, -0.2) is 4.98 Å². The highest BCUT2D eigenvalue weighted by Crippen LogP contribution is 2.33. The Hall–Kier alpha value is -1.62. The molecule has 2 heterocycles. The van der Waals surface area contributed by atoms with Crippen molar-refractivity contribution in [1.29, 1.82) is 0 Å². The zero-order valence-corrected chi connectivity index (χ0v) is 12.1. The van der Waals surface area contributed by atoms with Crippen molar-refractivity contribution in [1.82, 2.24) is 15.1 Å². The van der Waals surface area contributed by atoms with Gasteiger partial charge in [0.05, 0.1) is 15.6 Å². The fraction of sp³-hybridized carbons (Fsp3) is 0. The highest BCUT2D eigenvalue weighted by atomic mass is 35.5. The summed E-state index contributed by atoms with van der Waals surface area (Å²) >= 11 is 18.1. The molecule has 0 aliphatic heterocycles. The summed E-state index contributed by atoms with van der Waals surface area (Å²) in [6, 6.07) is 8.68. The molecule has 0 spiro atoms. The molecular formula is C13H6Cl3N3O. The molecule has 0 saturated carbocycles. The number of pyridine rings is 1. The molecule has 2 aromatic heterocycles. The first-order chi connectivity index (χ1) is 9.66. The van der Waals surface area contributed by atoms with Crippen LogP contribution in [0.4, 0.5) is 0 Å². The van der Waals surface area contributed by atoms with Gasteiger partial charge in [0.25, 0.3) is 5.89 Å². The van der Waals surface area contributed by atoms with Crippen LogP contribution in [-0.4, -0.2) is 15.1 Å². The average Bonchev–Trinajstić information content (AvgIpc) is 2.92. The van der Waals surface area contributed by atoms with Crippen LogP contribution in [-0.2, 0) is 0 Å². The van der Waals surface area contributed by atoms with E-state index in [1.165, 1.54) is 0 Å². The Morgan fingerprint density at radius 2 is 1.75 bits per heavy atom. The zero-order chi connectivity index (χ0) is 14.1. The van der Waals surface area contributed by atoms with E-state index in [-0.39, 0.29) is 5.89 Å². The Kier molecular flexibility index (Phi) is 3.61. The molecule has 4 nitrogen and oxygen atoms in total. The summed E-state index contributed by atoms with van der Waals surface area (Å²) in [7, 11) is 0. The molecule has 0 saturated heterocycles. The Balaban J connectivity index is 2.07. The van der Waals surface area contributed by atoms with Gasteiger partial charge in [0.2, 0.25) is 5.82 Å². The van der Waals surface area contributed by atoms with Crippen molar-refractivity contribution < 1.29 is 4.52 Å². The maximum absolute atomic E-state index is 6.12. The summed E-state index contributed by atoms with van der Waals surface area (Å²) in [5.41, 5.74) is 1.15. The molecule has 0 radical (unpaired) electrons. The van der Waals surface area contributed by atoms with Gasteiger partial charge in [-0.05, 0) is 24.3 Å². The lowest BCUT2D eigenvalue weighted by Crippen LogP contribution is -1.85. The van der Waals surface area contributed by atoms with Crippen LogP contribution in [0.1, 0.15) is 0 Å². The van der Waals surface area contributed by atoms with Crippen molar-refractivity contribution in [3.63, 3.8) is 0 Å². The molecule has 1 aromatic carbocycles. The second kappa shape index (κ2) is 5.40. The van der Waals surface area contributed by atoms with Crippen LogP contribution < -0.4 is 0 Å². The second-order valence-corrected chi connectivity index (χ2v) is 5.01. The van der Waals surface area contributed by atoms with Gasteiger partial charge in [0, 0.05) is 11.8 Å². The predicted octanol–water partition coefficient (Wildman–Crippen LogP) is 4.76. The first kappa shape index (κ1) is 13.4. The normalized spacial score (nSPS) is 10.8. The molecule has 0 bridgehead atoms. The third-order valence-corrected chi connectivity index (χ3v) is 3.73. The lowest BCUT2D eigenvalue weighted by molar-refractivity contribution is 0.432. The van der Waals surface area contributed by atoms with Crippen LogP contribution >= 0.6 is 34.8 Å². The quantitative estimate of drug-likeness (QED) is 0.637. The number of halogens is 3. The topological polar surface area (TPSA) is 51.8 Å². The van der Waals surface area contributed by atoms with Gasteiger partial charge in [-0.2, -0.15) is 4.98 Å². The summed E-state index contributed by atoms with van der Waals surface area (Å²) in [6.07, 6.45) is 1.58. The van der Waals surface area contributed by atoms with Crippen LogP contribution in [0.15, 0.2) is 41.1 Å². The molecule has 20 heavy (non-hydrogen) atoms. The minimum absolute atomic E-state index is 0.272. The predicted molar refractivity (Wildman–Crippen MR) is 78.0 cm³/mol. The van der Waals surface area contributed by atoms with Gasteiger partial charge in [0.1, 0.15) is 5.15 Å². The van der Waals surface area contributed by atoms with Crippen molar-refractivity contribution >= 4 is 34.8 Å². The van der Waals surface area contributed by atoms with E-state index in [0.29, 0.717) is 32.1 Å². The van der Waals surface area contributed by atoms with Crippen LogP contribution in [0.5, 0.6) is 0 Å². The third kappa shape index (κ3) is 2.38. The summed E-state index contributed by atoms with van der Waals surface area (Å²) in [4.78, 5) is 8.23. The minimum Gasteiger partial charge on any atom is -0.333 e. The molecule has 0 atom stereocenters. The number of hydrogen-bond acceptors (Lipinski definition) is 4. The molecule has 100 valence electrons. The molecule has 0 N–H and O–H groups in total. The number of nitrogens with zero attached hydrogens (tertiary/aromatic N) is 3. The minimum atomic E-state index is 0.272. The summed E-state index contributed by atoms with van der Waals surface area (Å²) in [5.74, 6) is 0.613.